The summed E-state index contributed by atoms with van der Waals surface area (Å²) < 4.78 is 2.03. The van der Waals surface area contributed by atoms with Crippen molar-refractivity contribution in [1.82, 2.24) is 9.78 Å². The number of carbonyl (C=O) groups is 1. The molecular weight excluding hydrogens is 356 g/mol. The van der Waals surface area contributed by atoms with Crippen LogP contribution in [-0.2, 0) is 11.3 Å². The first-order chi connectivity index (χ1) is 13.9. The van der Waals surface area contributed by atoms with Gasteiger partial charge < -0.3 is 0 Å². The first-order valence-corrected chi connectivity index (χ1v) is 12.2. The molecule has 3 nitrogen and oxygen atoms in total. The van der Waals surface area contributed by atoms with E-state index in [-0.39, 0.29) is 5.41 Å². The molecule has 0 saturated heterocycles. The number of rotatable bonds is 2. The predicted octanol–water partition coefficient (Wildman–Crippen LogP) is 6.21. The molecule has 1 aromatic rings. The van der Waals surface area contributed by atoms with Crippen LogP contribution in [0.25, 0.3) is 6.08 Å². The van der Waals surface area contributed by atoms with Gasteiger partial charge in [-0.25, -0.2) is 0 Å². The molecule has 0 bridgehead atoms. The monoisotopic (exact) mass is 394 g/mol. The fourth-order valence-corrected chi connectivity index (χ4v) is 8.20. The van der Waals surface area contributed by atoms with Gasteiger partial charge in [0.25, 0.3) is 0 Å². The number of aryl methyl sites for hydroxylation is 1. The SMILES string of the molecule is CCn1ncc(/C=C2/C[C@H]3[C@@H]4CC[C@@H]5CCCC[C@]5(C)[C@H]4CC[C@]3(C)C2=O)c1C. The average Bonchev–Trinajstić information content (AvgIpc) is 3.19. The Balaban J connectivity index is 1.46. The zero-order valence-electron chi connectivity index (χ0n) is 18.8. The molecule has 6 atom stereocenters. The van der Waals surface area contributed by atoms with Crippen molar-refractivity contribution in [2.45, 2.75) is 92.0 Å². The van der Waals surface area contributed by atoms with E-state index in [0.29, 0.717) is 17.1 Å². The van der Waals surface area contributed by atoms with Crippen molar-refractivity contribution in [3.8, 4) is 0 Å². The normalized spacial score (nSPS) is 43.2. The third kappa shape index (κ3) is 2.75. The van der Waals surface area contributed by atoms with Crippen molar-refractivity contribution in [1.29, 1.82) is 0 Å². The Morgan fingerprint density at radius 1 is 1.14 bits per heavy atom. The number of hydrogen-bond acceptors (Lipinski definition) is 2. The number of allylic oxidation sites excluding steroid dienone is 1. The minimum atomic E-state index is -0.125. The highest BCUT2D eigenvalue weighted by Crippen LogP contribution is 2.66. The Bertz CT molecular complexity index is 851. The van der Waals surface area contributed by atoms with Gasteiger partial charge in [-0.05, 0) is 99.5 Å². The van der Waals surface area contributed by atoms with Crippen LogP contribution in [0.3, 0.4) is 0 Å². The van der Waals surface area contributed by atoms with E-state index in [4.69, 9.17) is 0 Å². The maximum absolute atomic E-state index is 13.6. The summed E-state index contributed by atoms with van der Waals surface area (Å²) in [6.45, 7) is 10.0. The van der Waals surface area contributed by atoms with Crippen LogP contribution in [0.5, 0.6) is 0 Å². The molecule has 5 rings (SSSR count). The van der Waals surface area contributed by atoms with Crippen LogP contribution in [0, 0.1) is 41.4 Å². The highest BCUT2D eigenvalue weighted by atomic mass is 16.1. The summed E-state index contributed by atoms with van der Waals surface area (Å²) in [6, 6.07) is 0. The molecule has 1 heterocycles. The summed E-state index contributed by atoms with van der Waals surface area (Å²) >= 11 is 0. The van der Waals surface area contributed by atoms with Crippen LogP contribution >= 0.6 is 0 Å². The van der Waals surface area contributed by atoms with Gasteiger partial charge in [0, 0.05) is 23.2 Å². The molecule has 4 aliphatic rings. The van der Waals surface area contributed by atoms with Gasteiger partial charge >= 0.3 is 0 Å². The average molecular weight is 395 g/mol. The Labute approximate surface area is 176 Å². The van der Waals surface area contributed by atoms with E-state index in [1.54, 1.807) is 0 Å². The van der Waals surface area contributed by atoms with Crippen LogP contribution in [0.1, 0.15) is 89.8 Å². The van der Waals surface area contributed by atoms with Gasteiger partial charge in [0.05, 0.1) is 6.20 Å². The van der Waals surface area contributed by atoms with Crippen LogP contribution < -0.4 is 0 Å². The second-order valence-electron chi connectivity index (χ2n) is 11.1. The quantitative estimate of drug-likeness (QED) is 0.559. The van der Waals surface area contributed by atoms with Crippen LogP contribution in [0.2, 0.25) is 0 Å². The second-order valence-corrected chi connectivity index (χ2v) is 11.1. The smallest absolute Gasteiger partial charge is 0.165 e. The molecule has 4 aliphatic carbocycles. The zero-order chi connectivity index (χ0) is 20.4. The lowest BCUT2D eigenvalue weighted by Crippen LogP contribution is -2.52. The minimum Gasteiger partial charge on any atom is -0.294 e. The van der Waals surface area contributed by atoms with Crippen molar-refractivity contribution in [2.75, 3.05) is 0 Å². The maximum atomic E-state index is 13.6. The molecule has 0 radical (unpaired) electrons. The molecule has 3 heteroatoms. The zero-order valence-corrected chi connectivity index (χ0v) is 18.8. The van der Waals surface area contributed by atoms with Crippen LogP contribution in [0.15, 0.2) is 11.8 Å². The molecule has 0 spiro atoms. The number of hydrogen-bond donors (Lipinski definition) is 0. The van der Waals surface area contributed by atoms with E-state index in [9.17, 15) is 4.79 Å². The number of aromatic nitrogens is 2. The lowest BCUT2D eigenvalue weighted by atomic mass is 9.45. The molecule has 1 aromatic heterocycles. The van der Waals surface area contributed by atoms with E-state index in [0.717, 1.165) is 48.3 Å². The van der Waals surface area contributed by atoms with E-state index in [1.807, 2.05) is 10.9 Å². The lowest BCUT2D eigenvalue weighted by molar-refractivity contribution is -0.137. The number of fused-ring (bicyclic) bond motifs is 5. The summed E-state index contributed by atoms with van der Waals surface area (Å²) in [5.74, 6) is 3.54. The topological polar surface area (TPSA) is 34.9 Å². The molecule has 4 fully saturated rings. The Hall–Kier alpha value is -1.38. The fourth-order valence-electron chi connectivity index (χ4n) is 8.20. The minimum absolute atomic E-state index is 0.125. The summed E-state index contributed by atoms with van der Waals surface area (Å²) in [4.78, 5) is 13.6. The van der Waals surface area contributed by atoms with Gasteiger partial charge in [-0.15, -0.1) is 0 Å². The van der Waals surface area contributed by atoms with E-state index < -0.39 is 0 Å². The van der Waals surface area contributed by atoms with Crippen molar-refractivity contribution >= 4 is 11.9 Å². The van der Waals surface area contributed by atoms with Crippen LogP contribution in [-0.4, -0.2) is 15.6 Å². The van der Waals surface area contributed by atoms with E-state index in [1.165, 1.54) is 50.6 Å². The molecule has 0 amide bonds. The molecular formula is C26H38N2O. The van der Waals surface area contributed by atoms with Gasteiger partial charge in [0.2, 0.25) is 0 Å². The predicted molar refractivity (Wildman–Crippen MR) is 117 cm³/mol. The van der Waals surface area contributed by atoms with Gasteiger partial charge in [-0.3, -0.25) is 9.48 Å². The number of nitrogens with zero attached hydrogens (tertiary/aromatic N) is 2. The Morgan fingerprint density at radius 2 is 1.97 bits per heavy atom. The van der Waals surface area contributed by atoms with Gasteiger partial charge in [-0.2, -0.15) is 5.10 Å². The number of carbonyl (C=O) groups excluding carboxylic acids is 1. The standard InChI is InChI=1S/C26H38N2O/c1-5-28-17(2)19(16-27-28)14-18-15-23-21-10-9-20-8-6-7-12-25(20,3)22(21)11-13-26(23,4)24(18)29/h14,16,20-23H,5-13,15H2,1-4H3/b18-14-/t20-,21+,22-,23-,25-,26-/m0/s1. The molecule has 158 valence electrons. The van der Waals surface area contributed by atoms with Gasteiger partial charge in [0.15, 0.2) is 5.78 Å². The third-order valence-corrected chi connectivity index (χ3v) is 9.99. The number of ketones is 1. The van der Waals surface area contributed by atoms with Gasteiger partial charge in [0.1, 0.15) is 0 Å². The summed E-state index contributed by atoms with van der Waals surface area (Å²) in [5, 5.41) is 4.49. The lowest BCUT2D eigenvalue weighted by Gasteiger charge is -2.59. The van der Waals surface area contributed by atoms with Crippen LogP contribution in [0.4, 0.5) is 0 Å². The summed E-state index contributed by atoms with van der Waals surface area (Å²) in [7, 11) is 0. The Morgan fingerprint density at radius 3 is 2.72 bits per heavy atom. The first-order valence-electron chi connectivity index (χ1n) is 12.2. The summed E-state index contributed by atoms with van der Waals surface area (Å²) in [6.07, 6.45) is 16.0. The molecule has 0 aromatic carbocycles. The highest BCUT2D eigenvalue weighted by molar-refractivity contribution is 6.06. The van der Waals surface area contributed by atoms with Crippen molar-refractivity contribution < 1.29 is 4.79 Å². The van der Waals surface area contributed by atoms with Crippen molar-refractivity contribution in [2.24, 2.45) is 34.5 Å². The van der Waals surface area contributed by atoms with E-state index >= 15 is 0 Å². The molecule has 0 aliphatic heterocycles. The number of Topliss-reactive ketones (excluding diaryl/α,β-unsaturated/α-hetero) is 1. The maximum Gasteiger partial charge on any atom is 0.165 e. The van der Waals surface area contributed by atoms with E-state index in [2.05, 4.69) is 38.9 Å². The fraction of sp³-hybridized carbons (Fsp3) is 0.769. The molecule has 4 saturated carbocycles. The second kappa shape index (κ2) is 6.82. The van der Waals surface area contributed by atoms with Crippen molar-refractivity contribution in [3.05, 3.63) is 23.0 Å². The highest BCUT2D eigenvalue weighted by Gasteiger charge is 2.60. The Kier molecular flexibility index (Phi) is 4.60. The first kappa shape index (κ1) is 19.6. The summed E-state index contributed by atoms with van der Waals surface area (Å²) in [5.41, 5.74) is 3.81. The molecule has 0 unspecified atom stereocenters. The largest absolute Gasteiger partial charge is 0.294 e. The van der Waals surface area contributed by atoms with Gasteiger partial charge in [-0.1, -0.05) is 26.7 Å². The molecule has 0 N–H and O–H groups in total. The third-order valence-electron chi connectivity index (χ3n) is 9.99. The van der Waals surface area contributed by atoms with Crippen molar-refractivity contribution in [3.63, 3.8) is 0 Å². The molecule has 29 heavy (non-hydrogen) atoms.